The number of carboxylic acids is 1. The molecule has 0 aliphatic carbocycles. The number of alkyl halides is 3. The number of rotatable bonds is 4. The van der Waals surface area contributed by atoms with E-state index < -0.39 is 12.1 Å². The number of hydrogen-bond acceptors (Lipinski definition) is 5. The Kier molecular flexibility index (Phi) is 8.09. The minimum atomic E-state index is -5.08. The normalized spacial score (nSPS) is 17.4. The number of fused-ring (bicyclic) bond motifs is 2. The van der Waals surface area contributed by atoms with Crippen molar-refractivity contribution in [2.45, 2.75) is 51.4 Å². The van der Waals surface area contributed by atoms with E-state index in [4.69, 9.17) is 19.6 Å². The van der Waals surface area contributed by atoms with Gasteiger partial charge in [-0.05, 0) is 44.0 Å². The fourth-order valence-corrected chi connectivity index (χ4v) is 4.89. The van der Waals surface area contributed by atoms with Gasteiger partial charge >= 0.3 is 12.1 Å². The van der Waals surface area contributed by atoms with Crippen LogP contribution in [0.5, 0.6) is 5.75 Å². The summed E-state index contributed by atoms with van der Waals surface area (Å²) in [5, 5.41) is 7.12. The van der Waals surface area contributed by atoms with Gasteiger partial charge < -0.3 is 19.3 Å². The van der Waals surface area contributed by atoms with E-state index >= 15 is 0 Å². The third-order valence-corrected chi connectivity index (χ3v) is 6.73. The molecule has 11 heteroatoms. The molecule has 35 heavy (non-hydrogen) atoms. The predicted octanol–water partition coefficient (Wildman–Crippen LogP) is 3.23. The van der Waals surface area contributed by atoms with Crippen LogP contribution in [0.25, 0.3) is 0 Å². The maximum Gasteiger partial charge on any atom is 0.490 e. The molecule has 3 heterocycles. The predicted molar refractivity (Wildman–Crippen MR) is 122 cm³/mol. The fraction of sp³-hybridized carbons (Fsp3) is 0.542. The second kappa shape index (κ2) is 10.7. The van der Waals surface area contributed by atoms with Crippen molar-refractivity contribution >= 4 is 11.9 Å². The third kappa shape index (κ3) is 5.77. The first-order valence-electron chi connectivity index (χ1n) is 11.5. The highest BCUT2D eigenvalue weighted by atomic mass is 19.4. The van der Waals surface area contributed by atoms with E-state index in [0.29, 0.717) is 6.42 Å². The number of amides is 1. The van der Waals surface area contributed by atoms with Gasteiger partial charge in [-0.15, -0.1) is 0 Å². The van der Waals surface area contributed by atoms with Crippen LogP contribution < -0.4 is 4.74 Å². The van der Waals surface area contributed by atoms with Crippen LogP contribution in [0.4, 0.5) is 13.2 Å². The zero-order valence-electron chi connectivity index (χ0n) is 20.1. The Bertz CT molecular complexity index is 1050. The van der Waals surface area contributed by atoms with Crippen molar-refractivity contribution in [3.05, 3.63) is 47.5 Å². The molecule has 2 aliphatic rings. The second-order valence-electron chi connectivity index (χ2n) is 8.70. The Hall–Kier alpha value is -3.08. The summed E-state index contributed by atoms with van der Waals surface area (Å²) < 4.78 is 39.4. The lowest BCUT2D eigenvalue weighted by atomic mass is 9.83. The summed E-state index contributed by atoms with van der Waals surface area (Å²) in [5.74, 6) is -0.571. The number of aryl methyl sites for hydroxylation is 1. The number of carbonyl (C=O) groups is 2. The lowest BCUT2D eigenvalue weighted by molar-refractivity contribution is -0.192. The van der Waals surface area contributed by atoms with Gasteiger partial charge in [0, 0.05) is 38.1 Å². The van der Waals surface area contributed by atoms with E-state index in [0.717, 1.165) is 56.9 Å². The number of aliphatic carboxylic acids is 1. The van der Waals surface area contributed by atoms with Crippen molar-refractivity contribution in [1.29, 1.82) is 0 Å². The fourth-order valence-electron chi connectivity index (χ4n) is 4.89. The first kappa shape index (κ1) is 26.5. The number of carbonyl (C=O) groups excluding carboxylic acids is 1. The second-order valence-corrected chi connectivity index (χ2v) is 8.70. The van der Waals surface area contributed by atoms with Crippen LogP contribution >= 0.6 is 0 Å². The number of halogens is 3. The Labute approximate surface area is 202 Å². The molecule has 1 aromatic heterocycles. The number of likely N-dealkylation sites (tertiary alicyclic amines) is 1. The summed E-state index contributed by atoms with van der Waals surface area (Å²) >= 11 is 0. The smallest absolute Gasteiger partial charge is 0.490 e. The first-order chi connectivity index (χ1) is 16.5. The molecule has 2 aliphatic heterocycles. The minimum absolute atomic E-state index is 0.0337. The van der Waals surface area contributed by atoms with Crippen LogP contribution in [0.3, 0.4) is 0 Å². The van der Waals surface area contributed by atoms with Crippen molar-refractivity contribution in [2.24, 2.45) is 0 Å². The van der Waals surface area contributed by atoms with Gasteiger partial charge in [0.15, 0.2) is 0 Å². The van der Waals surface area contributed by atoms with Gasteiger partial charge in [0.1, 0.15) is 11.6 Å². The molecule has 4 rings (SSSR count). The standard InChI is InChI=1S/C22H30N4O2.C2HF3O2/c1-4-25-12-13-26-17(2)16-23-21(26)22(25)8-10-24(11-9-22)20(27)15-18-6-5-7-19(14-18)28-3;3-2(4,5)1(6)7/h5-7,14,16H,4,8-13,15H2,1-3H3;(H,6,7). The first-order valence-corrected chi connectivity index (χ1v) is 11.5. The van der Waals surface area contributed by atoms with Crippen molar-refractivity contribution in [3.8, 4) is 5.75 Å². The average molecular weight is 497 g/mol. The SMILES string of the molecule is CCN1CCn2c(C)cnc2C12CCN(C(=O)Cc1cccc(OC)c1)CC2.O=C(O)C(F)(F)F. The lowest BCUT2D eigenvalue weighted by Crippen LogP contribution is -2.58. The van der Waals surface area contributed by atoms with Crippen molar-refractivity contribution in [1.82, 2.24) is 19.4 Å². The van der Waals surface area contributed by atoms with E-state index in [1.165, 1.54) is 11.5 Å². The van der Waals surface area contributed by atoms with Gasteiger partial charge in [0.25, 0.3) is 0 Å². The van der Waals surface area contributed by atoms with E-state index in [1.807, 2.05) is 35.4 Å². The highest BCUT2D eigenvalue weighted by molar-refractivity contribution is 5.79. The van der Waals surface area contributed by atoms with Crippen LogP contribution in [0, 0.1) is 6.92 Å². The number of hydrogen-bond donors (Lipinski definition) is 1. The molecule has 0 atom stereocenters. The molecule has 1 amide bonds. The summed E-state index contributed by atoms with van der Waals surface area (Å²) in [7, 11) is 1.65. The van der Waals surface area contributed by atoms with Crippen LogP contribution in [-0.2, 0) is 28.1 Å². The molecule has 0 saturated carbocycles. The zero-order chi connectivity index (χ0) is 25.8. The van der Waals surface area contributed by atoms with Gasteiger partial charge in [0.2, 0.25) is 5.91 Å². The summed E-state index contributed by atoms with van der Waals surface area (Å²) in [6.45, 7) is 9.01. The number of imidazole rings is 1. The Morgan fingerprint density at radius 3 is 2.40 bits per heavy atom. The summed E-state index contributed by atoms with van der Waals surface area (Å²) in [4.78, 5) is 31.2. The molecule has 1 spiro atoms. The monoisotopic (exact) mass is 496 g/mol. The summed E-state index contributed by atoms with van der Waals surface area (Å²) in [6.07, 6.45) is -0.770. The van der Waals surface area contributed by atoms with Gasteiger partial charge in [-0.2, -0.15) is 13.2 Å². The number of carboxylic acid groups (broad SMARTS) is 1. The maximum absolute atomic E-state index is 12.9. The highest BCUT2D eigenvalue weighted by Crippen LogP contribution is 2.41. The van der Waals surface area contributed by atoms with E-state index in [2.05, 4.69) is 23.3 Å². The molecule has 8 nitrogen and oxygen atoms in total. The van der Waals surface area contributed by atoms with Crippen molar-refractivity contribution < 1.29 is 32.6 Å². The molecule has 2 aromatic rings. The number of likely N-dealkylation sites (N-methyl/N-ethyl adjacent to an activating group) is 1. The quantitative estimate of drug-likeness (QED) is 0.700. The summed E-state index contributed by atoms with van der Waals surface area (Å²) in [5.41, 5.74) is 2.21. The Morgan fingerprint density at radius 2 is 1.83 bits per heavy atom. The molecule has 0 radical (unpaired) electrons. The van der Waals surface area contributed by atoms with Crippen LogP contribution in [0.1, 0.15) is 36.8 Å². The van der Waals surface area contributed by atoms with Crippen LogP contribution in [0.15, 0.2) is 30.5 Å². The van der Waals surface area contributed by atoms with E-state index in [-0.39, 0.29) is 11.4 Å². The third-order valence-electron chi connectivity index (χ3n) is 6.73. The van der Waals surface area contributed by atoms with Gasteiger partial charge in [-0.3, -0.25) is 9.69 Å². The molecular weight excluding hydrogens is 465 g/mol. The van der Waals surface area contributed by atoms with Crippen LogP contribution in [0.2, 0.25) is 0 Å². The molecule has 1 aromatic carbocycles. The van der Waals surface area contributed by atoms with Crippen LogP contribution in [-0.4, -0.2) is 75.8 Å². The average Bonchev–Trinajstić information content (AvgIpc) is 3.21. The number of benzene rings is 1. The number of methoxy groups -OCH3 is 1. The number of nitrogens with zero attached hydrogens (tertiary/aromatic N) is 4. The highest BCUT2D eigenvalue weighted by Gasteiger charge is 2.46. The molecule has 0 unspecified atom stereocenters. The molecule has 1 N–H and O–H groups in total. The zero-order valence-corrected chi connectivity index (χ0v) is 20.1. The largest absolute Gasteiger partial charge is 0.497 e. The number of ether oxygens (including phenoxy) is 1. The summed E-state index contributed by atoms with van der Waals surface area (Å²) in [6, 6.07) is 7.79. The van der Waals surface area contributed by atoms with Crippen molar-refractivity contribution in [3.63, 3.8) is 0 Å². The Morgan fingerprint density at radius 1 is 1.17 bits per heavy atom. The number of piperidine rings is 1. The van der Waals surface area contributed by atoms with E-state index in [9.17, 15) is 18.0 Å². The lowest BCUT2D eigenvalue weighted by Gasteiger charge is -2.50. The van der Waals surface area contributed by atoms with E-state index in [1.54, 1.807) is 7.11 Å². The number of aromatic nitrogens is 2. The topological polar surface area (TPSA) is 87.9 Å². The van der Waals surface area contributed by atoms with Gasteiger partial charge in [0.05, 0.1) is 19.1 Å². The molecule has 1 saturated heterocycles. The van der Waals surface area contributed by atoms with Crippen molar-refractivity contribution in [2.75, 3.05) is 33.3 Å². The molecule has 192 valence electrons. The maximum atomic E-state index is 12.9. The Balaban J connectivity index is 0.000000429. The molecular formula is C24H31F3N4O4. The van der Waals surface area contributed by atoms with Gasteiger partial charge in [-0.25, -0.2) is 9.78 Å². The molecule has 0 bridgehead atoms. The molecule has 1 fully saturated rings. The van der Waals surface area contributed by atoms with Gasteiger partial charge in [-0.1, -0.05) is 19.1 Å². The minimum Gasteiger partial charge on any atom is -0.497 e.